The molecule has 0 heterocycles. The number of hydrogen-bond donors (Lipinski definition) is 4. The lowest BCUT2D eigenvalue weighted by molar-refractivity contribution is -0.111. The normalized spacial score (nSPS) is 9.67. The molecule has 0 fully saturated rings. The van der Waals surface area contributed by atoms with E-state index in [9.17, 15) is 18.0 Å². The summed E-state index contributed by atoms with van der Waals surface area (Å²) >= 11 is 3.43. The van der Waals surface area contributed by atoms with Crippen LogP contribution in [-0.4, -0.2) is 42.1 Å². The van der Waals surface area contributed by atoms with E-state index in [2.05, 4.69) is 70.5 Å². The Bertz CT molecular complexity index is 1540. The Balaban J connectivity index is -0.0000000931. The van der Waals surface area contributed by atoms with Crippen molar-refractivity contribution in [1.82, 2.24) is 0 Å². The zero-order valence-corrected chi connectivity index (χ0v) is 49.3. The molecule has 0 unspecified atom stereocenters. The zero-order valence-electron chi connectivity index (χ0n) is 47.6. The molecule has 0 atom stereocenters. The van der Waals surface area contributed by atoms with Crippen LogP contribution in [0.2, 0.25) is 0 Å². The lowest BCUT2D eigenvalue weighted by Crippen LogP contribution is -2.10. The summed E-state index contributed by atoms with van der Waals surface area (Å²) in [4.78, 5) is 17.2. The lowest BCUT2D eigenvalue weighted by Gasteiger charge is -2.18. The lowest BCUT2D eigenvalue weighted by atomic mass is 9.96. The smallest absolute Gasteiger partial charge is 0.270 e. The number of alkyl halides is 3. The molecule has 0 aliphatic carbocycles. The van der Waals surface area contributed by atoms with Gasteiger partial charge in [0.05, 0.1) is 6.34 Å². The summed E-state index contributed by atoms with van der Waals surface area (Å²) in [6.45, 7) is 53.3. The van der Waals surface area contributed by atoms with Crippen molar-refractivity contribution < 1.29 is 18.0 Å². The first-order chi connectivity index (χ1) is 32.6. The zero-order chi connectivity index (χ0) is 56.5. The highest BCUT2D eigenvalue weighted by Crippen LogP contribution is 2.32. The van der Waals surface area contributed by atoms with Gasteiger partial charge in [-0.3, -0.25) is 15.2 Å². The molecule has 402 valence electrons. The van der Waals surface area contributed by atoms with Gasteiger partial charge in [-0.15, -0.1) is 43.3 Å². The number of allylic oxidation sites excluding steroid dienone is 4. The number of nitrogens with zero attached hydrogens (tertiary/aromatic N) is 1. The Hall–Kier alpha value is -3.93. The number of carbonyl (C=O) groups is 1. The number of aliphatic imine (C=N–C) groups is 1. The van der Waals surface area contributed by atoms with Crippen LogP contribution in [0.3, 0.4) is 0 Å². The SMILES string of the molecule is C=C.C=C(C)CCCC.C=CN=C(/C=C(\C)C(=C)C)C(C)=O.CC.CC.CC.CC.CC=N.CCCCCCc1cc(C(C)(C)F)ccc1SCCN.CCSc1ccc(C(C)(F)F)cc1.N=CN. The Morgan fingerprint density at radius 3 is 1.54 bits per heavy atom. The summed E-state index contributed by atoms with van der Waals surface area (Å²) in [6.07, 6.45) is 14.9. The Labute approximate surface area is 434 Å². The number of nitrogens with one attached hydrogen (secondary N) is 2. The van der Waals surface area contributed by atoms with Crippen molar-refractivity contribution in [3.63, 3.8) is 0 Å². The second kappa shape index (κ2) is 64.1. The van der Waals surface area contributed by atoms with Gasteiger partial charge in [0, 0.05) is 47.7 Å². The number of aryl methyl sites for hydroxylation is 1. The molecule has 6 N–H and O–H groups in total. The van der Waals surface area contributed by atoms with Crippen LogP contribution in [0.15, 0.2) is 119 Å². The molecule has 0 radical (unpaired) electrons. The number of thioether (sulfide) groups is 2. The number of rotatable bonds is 19. The number of hydrogen-bond acceptors (Lipinski definition) is 7. The highest BCUT2D eigenvalue weighted by Gasteiger charge is 2.23. The fourth-order valence-corrected chi connectivity index (χ4v) is 5.85. The first-order valence-corrected chi connectivity index (χ1v) is 26.7. The Kier molecular flexibility index (Phi) is 78.9. The number of Topliss-reactive ketones (excluding diaryl/α,β-unsaturated/α-hetero) is 1. The molecule has 0 bridgehead atoms. The predicted molar refractivity (Wildman–Crippen MR) is 316 cm³/mol. The number of ketones is 1. The summed E-state index contributed by atoms with van der Waals surface area (Å²) in [7, 11) is 0. The first kappa shape index (κ1) is 85.0. The van der Waals surface area contributed by atoms with Crippen molar-refractivity contribution in [3.8, 4) is 0 Å². The molecule has 2 aromatic rings. The van der Waals surface area contributed by atoms with Gasteiger partial charge < -0.3 is 16.9 Å². The van der Waals surface area contributed by atoms with E-state index in [1.165, 1.54) is 92.4 Å². The second-order valence-corrected chi connectivity index (χ2v) is 16.4. The minimum Gasteiger partial charge on any atom is -0.390 e. The standard InChI is InChI=1S/C17H28FNS.C11H15NO.C10H12F2S.C7H14.C2H5N.4C2H6.C2H4.CH4N2/c1-4-5-6-7-8-14-13-15(17(2,3)18)9-10-16(14)20-12-11-19;1-6-12-11(10(5)13)7-9(4)8(2)3;1-3-13-9-6-4-8(5-7-9)10(2,11)12;1-4-5-6-7(2)3;1-2-3;5*1-2;2-1-3/h9-10,13H,4-8,11-12,19H2,1-3H3;6-7H,1-2H2,3-5H3;4-7H,3H2,1-2H3;2,4-6H2,1,3H3;2-3H,1H3;4*1-2H3;1-2H2;1H,(H3,2,3)/b;9-7+,12-11?;;;;;;;;;. The highest BCUT2D eigenvalue weighted by molar-refractivity contribution is 7.99. The Morgan fingerprint density at radius 1 is 0.768 bits per heavy atom. The van der Waals surface area contributed by atoms with Gasteiger partial charge in [-0.05, 0) is 120 Å². The molecule has 2 aromatic carbocycles. The van der Waals surface area contributed by atoms with E-state index in [0.717, 1.165) is 52.8 Å². The minimum atomic E-state index is -2.73. The van der Waals surface area contributed by atoms with Crippen molar-refractivity contribution in [3.05, 3.63) is 121 Å². The van der Waals surface area contributed by atoms with Crippen molar-refractivity contribution in [2.75, 3.05) is 18.1 Å². The number of benzene rings is 2. The van der Waals surface area contributed by atoms with E-state index >= 15 is 0 Å². The molecule has 0 aliphatic heterocycles. The fraction of sp³-hybridized carbons (Fsp3) is 0.552. The van der Waals surface area contributed by atoms with Gasteiger partial charge in [0.1, 0.15) is 11.4 Å². The average Bonchev–Trinajstić information content (AvgIpc) is 3.33. The van der Waals surface area contributed by atoms with Crippen LogP contribution in [0.1, 0.15) is 193 Å². The molecule has 0 aromatic heterocycles. The molecular weight excluding hydrogens is 904 g/mol. The molecule has 0 aliphatic rings. The van der Waals surface area contributed by atoms with Gasteiger partial charge >= 0.3 is 0 Å². The maximum Gasteiger partial charge on any atom is 0.270 e. The quantitative estimate of drug-likeness (QED) is 0.0278. The maximum atomic E-state index is 14.1. The largest absolute Gasteiger partial charge is 0.390 e. The topological polar surface area (TPSA) is 129 Å². The third-order valence-electron chi connectivity index (χ3n) is 7.67. The van der Waals surface area contributed by atoms with Gasteiger partial charge in [-0.2, -0.15) is 0 Å². The molecule has 0 spiro atoms. The van der Waals surface area contributed by atoms with E-state index in [1.54, 1.807) is 62.5 Å². The second-order valence-electron chi connectivity index (χ2n) is 14.0. The van der Waals surface area contributed by atoms with Crippen LogP contribution in [0.4, 0.5) is 13.2 Å². The van der Waals surface area contributed by atoms with Gasteiger partial charge in [0.15, 0.2) is 5.78 Å². The molecular formula is C58H106F3N5OS2. The molecule has 2 rings (SSSR count). The molecule has 11 heteroatoms. The molecule has 0 amide bonds. The summed E-state index contributed by atoms with van der Waals surface area (Å²) in [5.74, 6) is -0.919. The summed E-state index contributed by atoms with van der Waals surface area (Å²) in [6, 6.07) is 12.5. The maximum absolute atomic E-state index is 14.1. The fourth-order valence-electron chi connectivity index (χ4n) is 4.34. The van der Waals surface area contributed by atoms with Crippen LogP contribution in [0, 0.1) is 10.8 Å². The van der Waals surface area contributed by atoms with Crippen molar-refractivity contribution in [2.24, 2.45) is 16.5 Å². The van der Waals surface area contributed by atoms with Crippen molar-refractivity contribution in [2.45, 2.75) is 204 Å². The van der Waals surface area contributed by atoms with E-state index in [4.69, 9.17) is 16.6 Å². The van der Waals surface area contributed by atoms with Crippen LogP contribution in [-0.2, 0) is 22.8 Å². The van der Waals surface area contributed by atoms with Crippen LogP contribution >= 0.6 is 23.5 Å². The van der Waals surface area contributed by atoms with Gasteiger partial charge in [0.2, 0.25) is 0 Å². The van der Waals surface area contributed by atoms with Gasteiger partial charge in [0.25, 0.3) is 5.92 Å². The number of carbonyl (C=O) groups excluding carboxylic acids is 1. The number of nitrogens with two attached hydrogens (primary N) is 2. The summed E-state index contributed by atoms with van der Waals surface area (Å²) in [5.41, 5.74) is 14.4. The van der Waals surface area contributed by atoms with Crippen LogP contribution in [0.25, 0.3) is 0 Å². The van der Waals surface area contributed by atoms with Crippen LogP contribution in [0.5, 0.6) is 0 Å². The molecule has 6 nitrogen and oxygen atoms in total. The van der Waals surface area contributed by atoms with Gasteiger partial charge in [-0.25, -0.2) is 13.2 Å². The minimum absolute atomic E-state index is 0.0690. The van der Waals surface area contributed by atoms with Crippen molar-refractivity contribution in [1.29, 1.82) is 10.8 Å². The van der Waals surface area contributed by atoms with Gasteiger partial charge in [-0.1, -0.05) is 150 Å². The number of unbranched alkanes of at least 4 members (excludes halogenated alkanes) is 4. The molecule has 0 saturated carbocycles. The monoisotopic (exact) mass is 1010 g/mol. The van der Waals surface area contributed by atoms with Crippen LogP contribution < -0.4 is 11.5 Å². The van der Waals surface area contributed by atoms with E-state index < -0.39 is 11.6 Å². The van der Waals surface area contributed by atoms with E-state index in [1.807, 2.05) is 88.3 Å². The first-order valence-electron chi connectivity index (χ1n) is 24.7. The van der Waals surface area contributed by atoms with E-state index in [-0.39, 0.29) is 11.3 Å². The van der Waals surface area contributed by atoms with E-state index in [0.29, 0.717) is 12.3 Å². The molecule has 69 heavy (non-hydrogen) atoms. The predicted octanol–water partition coefficient (Wildman–Crippen LogP) is 19.5. The summed E-state index contributed by atoms with van der Waals surface area (Å²) in [5, 5.41) is 11.9. The third kappa shape index (κ3) is 62.1. The van der Waals surface area contributed by atoms with Crippen molar-refractivity contribution >= 4 is 47.6 Å². The molecule has 0 saturated heterocycles. The number of halogens is 3. The highest BCUT2D eigenvalue weighted by atomic mass is 32.2. The Morgan fingerprint density at radius 2 is 1.22 bits per heavy atom. The third-order valence-corrected chi connectivity index (χ3v) is 9.71. The average molecular weight is 1010 g/mol. The summed E-state index contributed by atoms with van der Waals surface area (Å²) < 4.78 is 39.6.